The zero-order valence-electron chi connectivity index (χ0n) is 14.0. The van der Waals surface area contributed by atoms with Crippen molar-refractivity contribution in [3.8, 4) is 5.75 Å². The van der Waals surface area contributed by atoms with Gasteiger partial charge in [-0.25, -0.2) is 4.79 Å². The van der Waals surface area contributed by atoms with Crippen LogP contribution in [0.1, 0.15) is 75.6 Å². The molecule has 1 rings (SSSR count). The topological polar surface area (TPSA) is 46.5 Å². The number of hydrogen-bond donors (Lipinski definition) is 1. The molecule has 124 valence electrons. The van der Waals surface area contributed by atoms with Gasteiger partial charge >= 0.3 is 5.97 Å². The van der Waals surface area contributed by atoms with E-state index in [9.17, 15) is 4.79 Å². The summed E-state index contributed by atoms with van der Waals surface area (Å²) >= 11 is 0. The number of rotatable bonds is 12. The average Bonchev–Trinajstić information content (AvgIpc) is 2.53. The van der Waals surface area contributed by atoms with Crippen LogP contribution in [-0.4, -0.2) is 17.7 Å². The molecule has 0 heterocycles. The van der Waals surface area contributed by atoms with Crippen molar-refractivity contribution in [3.63, 3.8) is 0 Å². The Morgan fingerprint density at radius 3 is 2.23 bits per heavy atom. The summed E-state index contributed by atoms with van der Waals surface area (Å²) in [6, 6.07) is 6.69. The van der Waals surface area contributed by atoms with Crippen LogP contribution in [0, 0.1) is 5.92 Å². The van der Waals surface area contributed by atoms with Crippen LogP contribution in [0.2, 0.25) is 0 Å². The van der Waals surface area contributed by atoms with Crippen molar-refractivity contribution in [1.29, 1.82) is 0 Å². The van der Waals surface area contributed by atoms with Crippen molar-refractivity contribution in [1.82, 2.24) is 0 Å². The monoisotopic (exact) mass is 306 g/mol. The van der Waals surface area contributed by atoms with E-state index in [2.05, 4.69) is 13.8 Å². The van der Waals surface area contributed by atoms with Crippen molar-refractivity contribution in [2.45, 2.75) is 65.2 Å². The Bertz CT molecular complexity index is 411. The highest BCUT2D eigenvalue weighted by atomic mass is 16.5. The van der Waals surface area contributed by atoms with Gasteiger partial charge in [-0.3, -0.25) is 0 Å². The third-order valence-electron chi connectivity index (χ3n) is 4.02. The fraction of sp³-hybridized carbons (Fsp3) is 0.632. The van der Waals surface area contributed by atoms with Gasteiger partial charge in [0, 0.05) is 0 Å². The lowest BCUT2D eigenvalue weighted by atomic mass is 9.96. The van der Waals surface area contributed by atoms with E-state index in [0.717, 1.165) is 12.4 Å². The third-order valence-corrected chi connectivity index (χ3v) is 4.02. The number of carboxylic acid groups (broad SMARTS) is 1. The molecular formula is C19H30O3. The smallest absolute Gasteiger partial charge is 0.335 e. The molecule has 0 aliphatic rings. The Morgan fingerprint density at radius 1 is 1.00 bits per heavy atom. The molecule has 0 saturated carbocycles. The largest absolute Gasteiger partial charge is 0.493 e. The van der Waals surface area contributed by atoms with Crippen LogP contribution in [-0.2, 0) is 0 Å². The Kier molecular flexibility index (Phi) is 9.36. The number of benzene rings is 1. The molecule has 0 amide bonds. The summed E-state index contributed by atoms with van der Waals surface area (Å²) in [7, 11) is 0. The molecule has 3 heteroatoms. The van der Waals surface area contributed by atoms with Gasteiger partial charge in [0.05, 0.1) is 12.2 Å². The molecule has 1 unspecified atom stereocenters. The van der Waals surface area contributed by atoms with Crippen LogP contribution in [0.15, 0.2) is 24.3 Å². The molecule has 0 spiro atoms. The number of hydrogen-bond acceptors (Lipinski definition) is 2. The van der Waals surface area contributed by atoms with E-state index in [4.69, 9.17) is 9.84 Å². The van der Waals surface area contributed by atoms with E-state index in [-0.39, 0.29) is 0 Å². The summed E-state index contributed by atoms with van der Waals surface area (Å²) in [6.07, 6.45) is 10.1. The van der Waals surface area contributed by atoms with E-state index >= 15 is 0 Å². The van der Waals surface area contributed by atoms with E-state index in [1.54, 1.807) is 24.3 Å². The second-order valence-electron chi connectivity index (χ2n) is 6.00. The van der Waals surface area contributed by atoms with Crippen LogP contribution >= 0.6 is 0 Å². The SMILES string of the molecule is CCCCCCC(CCCC)COc1ccc(C(=O)O)cc1. The molecule has 0 aromatic heterocycles. The predicted molar refractivity (Wildman–Crippen MR) is 90.7 cm³/mol. The lowest BCUT2D eigenvalue weighted by Gasteiger charge is -2.17. The Morgan fingerprint density at radius 2 is 1.64 bits per heavy atom. The predicted octanol–water partition coefficient (Wildman–Crippen LogP) is 5.54. The Hall–Kier alpha value is -1.51. The second kappa shape index (κ2) is 11.1. The molecule has 0 saturated heterocycles. The zero-order valence-corrected chi connectivity index (χ0v) is 14.0. The maximum atomic E-state index is 10.8. The van der Waals surface area contributed by atoms with Crippen molar-refractivity contribution < 1.29 is 14.6 Å². The summed E-state index contributed by atoms with van der Waals surface area (Å²) in [4.78, 5) is 10.8. The van der Waals surface area contributed by atoms with Gasteiger partial charge < -0.3 is 9.84 Å². The molecule has 1 atom stereocenters. The van der Waals surface area contributed by atoms with Crippen molar-refractivity contribution in [3.05, 3.63) is 29.8 Å². The molecule has 0 aliphatic carbocycles. The average molecular weight is 306 g/mol. The van der Waals surface area contributed by atoms with E-state index in [1.165, 1.54) is 51.4 Å². The summed E-state index contributed by atoms with van der Waals surface area (Å²) < 4.78 is 5.86. The van der Waals surface area contributed by atoms with Crippen molar-refractivity contribution >= 4 is 5.97 Å². The minimum absolute atomic E-state index is 0.300. The highest BCUT2D eigenvalue weighted by Gasteiger charge is 2.10. The van der Waals surface area contributed by atoms with E-state index in [0.29, 0.717) is 11.5 Å². The number of carbonyl (C=O) groups is 1. The van der Waals surface area contributed by atoms with E-state index < -0.39 is 5.97 Å². The number of ether oxygens (including phenoxy) is 1. The van der Waals surface area contributed by atoms with Crippen LogP contribution < -0.4 is 4.74 Å². The summed E-state index contributed by atoms with van der Waals surface area (Å²) in [5.41, 5.74) is 0.300. The molecule has 22 heavy (non-hydrogen) atoms. The normalized spacial score (nSPS) is 12.1. The van der Waals surface area contributed by atoms with Gasteiger partial charge in [-0.2, -0.15) is 0 Å². The maximum Gasteiger partial charge on any atom is 0.335 e. The van der Waals surface area contributed by atoms with Gasteiger partial charge in [0.25, 0.3) is 0 Å². The number of carboxylic acids is 1. The van der Waals surface area contributed by atoms with Crippen LogP contribution in [0.4, 0.5) is 0 Å². The molecule has 1 aromatic carbocycles. The van der Waals surface area contributed by atoms with Gasteiger partial charge in [0.2, 0.25) is 0 Å². The summed E-state index contributed by atoms with van der Waals surface area (Å²) in [6.45, 7) is 5.19. The van der Waals surface area contributed by atoms with Gasteiger partial charge in [-0.15, -0.1) is 0 Å². The molecule has 1 aromatic rings. The quantitative estimate of drug-likeness (QED) is 0.516. The standard InChI is InChI=1S/C19H30O3/c1-3-5-7-8-10-16(9-6-4-2)15-22-18-13-11-17(12-14-18)19(20)21/h11-14,16H,3-10,15H2,1-2H3,(H,20,21). The molecular weight excluding hydrogens is 276 g/mol. The molecule has 0 radical (unpaired) electrons. The molecule has 0 fully saturated rings. The highest BCUT2D eigenvalue weighted by molar-refractivity contribution is 5.87. The molecule has 0 aliphatic heterocycles. The maximum absolute atomic E-state index is 10.8. The second-order valence-corrected chi connectivity index (χ2v) is 6.00. The zero-order chi connectivity index (χ0) is 16.2. The van der Waals surface area contributed by atoms with Crippen molar-refractivity contribution in [2.75, 3.05) is 6.61 Å². The summed E-state index contributed by atoms with van der Waals surface area (Å²) in [5.74, 6) is 0.472. The highest BCUT2D eigenvalue weighted by Crippen LogP contribution is 2.20. The first kappa shape index (κ1) is 18.5. The lowest BCUT2D eigenvalue weighted by molar-refractivity contribution is 0.0697. The van der Waals surface area contributed by atoms with Gasteiger partial charge in [0.15, 0.2) is 0 Å². The molecule has 3 nitrogen and oxygen atoms in total. The first-order valence-corrected chi connectivity index (χ1v) is 8.63. The van der Waals surface area contributed by atoms with E-state index in [1.807, 2.05) is 0 Å². The Balaban J connectivity index is 2.41. The lowest BCUT2D eigenvalue weighted by Crippen LogP contribution is -2.12. The summed E-state index contributed by atoms with van der Waals surface area (Å²) in [5, 5.41) is 8.89. The van der Waals surface area contributed by atoms with Crippen molar-refractivity contribution in [2.24, 2.45) is 5.92 Å². The fourth-order valence-electron chi connectivity index (χ4n) is 2.57. The minimum atomic E-state index is -0.900. The Labute approximate surface area is 134 Å². The van der Waals surface area contributed by atoms with Crippen LogP contribution in [0.3, 0.4) is 0 Å². The third kappa shape index (κ3) is 7.48. The number of unbranched alkanes of at least 4 members (excludes halogenated alkanes) is 4. The number of aromatic carboxylic acids is 1. The van der Waals surface area contributed by atoms with Gasteiger partial charge in [-0.05, 0) is 43.0 Å². The first-order valence-electron chi connectivity index (χ1n) is 8.63. The van der Waals surface area contributed by atoms with Crippen LogP contribution in [0.5, 0.6) is 5.75 Å². The van der Waals surface area contributed by atoms with Gasteiger partial charge in [-0.1, -0.05) is 52.4 Å². The fourth-order valence-corrected chi connectivity index (χ4v) is 2.57. The van der Waals surface area contributed by atoms with Crippen LogP contribution in [0.25, 0.3) is 0 Å². The van der Waals surface area contributed by atoms with Gasteiger partial charge in [0.1, 0.15) is 5.75 Å². The minimum Gasteiger partial charge on any atom is -0.493 e. The molecule has 0 bridgehead atoms. The first-order chi connectivity index (χ1) is 10.7. The molecule has 1 N–H and O–H groups in total.